The molecule has 0 spiro atoms. The zero-order valence-electron chi connectivity index (χ0n) is 18.0. The largest absolute Gasteiger partial charge is 0.492 e. The number of piperazine rings is 1. The van der Waals surface area contributed by atoms with Crippen LogP contribution >= 0.6 is 0 Å². The van der Waals surface area contributed by atoms with Crippen molar-refractivity contribution in [2.75, 3.05) is 53.0 Å². The van der Waals surface area contributed by atoms with Crippen molar-refractivity contribution in [1.29, 1.82) is 0 Å². The van der Waals surface area contributed by atoms with Crippen LogP contribution in [0.1, 0.15) is 5.56 Å². The molecule has 8 heteroatoms. The number of carbonyl (C=O) groups is 1. The lowest BCUT2D eigenvalue weighted by molar-refractivity contribution is -0.119. The lowest BCUT2D eigenvalue weighted by atomic mass is 10.2. The monoisotopic (exact) mass is 425 g/mol. The fourth-order valence-electron chi connectivity index (χ4n) is 3.41. The highest BCUT2D eigenvalue weighted by Gasteiger charge is 2.19. The number of hydrogen-bond donors (Lipinski definition) is 2. The van der Waals surface area contributed by atoms with E-state index in [-0.39, 0.29) is 6.61 Å². The second-order valence-electron chi connectivity index (χ2n) is 7.29. The topological polar surface area (TPSA) is 92.4 Å². The maximum Gasteiger partial charge on any atom is 0.255 e. The van der Waals surface area contributed by atoms with Crippen LogP contribution in [0.3, 0.4) is 0 Å². The van der Waals surface area contributed by atoms with Gasteiger partial charge in [-0.3, -0.25) is 14.7 Å². The smallest absolute Gasteiger partial charge is 0.255 e. The van der Waals surface area contributed by atoms with Crippen LogP contribution in [-0.4, -0.2) is 74.7 Å². The van der Waals surface area contributed by atoms with Crippen molar-refractivity contribution in [3.63, 3.8) is 0 Å². The highest BCUT2D eigenvalue weighted by Crippen LogP contribution is 2.13. The molecule has 0 atom stereocenters. The van der Waals surface area contributed by atoms with Crippen molar-refractivity contribution in [3.8, 4) is 11.5 Å². The zero-order chi connectivity index (χ0) is 21.9. The van der Waals surface area contributed by atoms with Gasteiger partial charge in [-0.25, -0.2) is 0 Å². The first-order valence-electron chi connectivity index (χ1n) is 10.5. The molecule has 1 aliphatic rings. The summed E-state index contributed by atoms with van der Waals surface area (Å²) in [5.74, 6) is 1.92. The van der Waals surface area contributed by atoms with Gasteiger partial charge in [0, 0.05) is 46.3 Å². The standard InChI is InChI=1S/C23H31N5O3/c1-25-23(26-17-19-6-5-9-21(16-19)31-18-22(24)29)28-12-10-27(11-13-28)14-15-30-20-7-3-2-4-8-20/h2-9,16H,10-15,17-18H2,1H3,(H2,24,29)(H,25,26). The maximum absolute atomic E-state index is 10.9. The number of rotatable bonds is 9. The molecule has 1 heterocycles. The molecule has 166 valence electrons. The van der Waals surface area contributed by atoms with Gasteiger partial charge in [0.25, 0.3) is 5.91 Å². The number of nitrogens with two attached hydrogens (primary N) is 1. The first-order chi connectivity index (χ1) is 15.1. The fourth-order valence-corrected chi connectivity index (χ4v) is 3.41. The van der Waals surface area contributed by atoms with Crippen LogP contribution in [0.4, 0.5) is 0 Å². The van der Waals surface area contributed by atoms with E-state index in [2.05, 4.69) is 20.1 Å². The lowest BCUT2D eigenvalue weighted by Crippen LogP contribution is -2.52. The van der Waals surface area contributed by atoms with Crippen LogP contribution in [0.25, 0.3) is 0 Å². The summed E-state index contributed by atoms with van der Waals surface area (Å²) in [7, 11) is 1.80. The van der Waals surface area contributed by atoms with Crippen molar-refractivity contribution in [1.82, 2.24) is 15.1 Å². The Balaban J connectivity index is 1.40. The van der Waals surface area contributed by atoms with E-state index in [1.165, 1.54) is 0 Å². The molecule has 1 aliphatic heterocycles. The number of amides is 1. The van der Waals surface area contributed by atoms with Gasteiger partial charge in [0.2, 0.25) is 0 Å². The van der Waals surface area contributed by atoms with Gasteiger partial charge in [-0.15, -0.1) is 0 Å². The number of hydrogen-bond acceptors (Lipinski definition) is 5. The minimum absolute atomic E-state index is 0.126. The Morgan fingerprint density at radius 1 is 1.03 bits per heavy atom. The summed E-state index contributed by atoms with van der Waals surface area (Å²) in [6.45, 7) is 5.84. The van der Waals surface area contributed by atoms with E-state index in [1.807, 2.05) is 54.6 Å². The molecule has 0 aromatic heterocycles. The highest BCUT2D eigenvalue weighted by atomic mass is 16.5. The molecule has 3 rings (SSSR count). The van der Waals surface area contributed by atoms with E-state index in [0.717, 1.165) is 50.0 Å². The number of nitrogens with one attached hydrogen (secondary N) is 1. The van der Waals surface area contributed by atoms with Crippen LogP contribution in [0.2, 0.25) is 0 Å². The average Bonchev–Trinajstić information content (AvgIpc) is 2.80. The van der Waals surface area contributed by atoms with E-state index < -0.39 is 5.91 Å². The number of aliphatic imine (C=N–C) groups is 1. The van der Waals surface area contributed by atoms with Gasteiger partial charge in [-0.05, 0) is 29.8 Å². The molecular formula is C23H31N5O3. The summed E-state index contributed by atoms with van der Waals surface area (Å²) < 4.78 is 11.2. The van der Waals surface area contributed by atoms with Crippen LogP contribution in [0.5, 0.6) is 11.5 Å². The number of nitrogens with zero attached hydrogens (tertiary/aromatic N) is 3. The molecule has 31 heavy (non-hydrogen) atoms. The van der Waals surface area contributed by atoms with Crippen LogP contribution in [0, 0.1) is 0 Å². The molecular weight excluding hydrogens is 394 g/mol. The highest BCUT2D eigenvalue weighted by molar-refractivity contribution is 5.80. The molecule has 2 aromatic carbocycles. The first-order valence-corrected chi connectivity index (χ1v) is 10.5. The Morgan fingerprint density at radius 2 is 1.77 bits per heavy atom. The molecule has 0 bridgehead atoms. The van der Waals surface area contributed by atoms with E-state index in [9.17, 15) is 4.79 Å². The number of benzene rings is 2. The van der Waals surface area contributed by atoms with Gasteiger partial charge in [0.05, 0.1) is 0 Å². The van der Waals surface area contributed by atoms with Gasteiger partial charge < -0.3 is 25.4 Å². The van der Waals surface area contributed by atoms with Gasteiger partial charge in [-0.1, -0.05) is 30.3 Å². The summed E-state index contributed by atoms with van der Waals surface area (Å²) in [5.41, 5.74) is 6.17. The second-order valence-corrected chi connectivity index (χ2v) is 7.29. The summed E-state index contributed by atoms with van der Waals surface area (Å²) in [4.78, 5) is 20.0. The predicted molar refractivity (Wildman–Crippen MR) is 121 cm³/mol. The number of carbonyl (C=O) groups excluding carboxylic acids is 1. The average molecular weight is 426 g/mol. The van der Waals surface area contributed by atoms with Crippen molar-refractivity contribution in [2.45, 2.75) is 6.54 Å². The summed E-state index contributed by atoms with van der Waals surface area (Å²) in [6.07, 6.45) is 0. The van der Waals surface area contributed by atoms with Crippen molar-refractivity contribution in [2.24, 2.45) is 10.7 Å². The molecule has 8 nitrogen and oxygen atoms in total. The summed E-state index contributed by atoms with van der Waals surface area (Å²) in [5, 5.41) is 3.41. The quantitative estimate of drug-likeness (QED) is 0.465. The van der Waals surface area contributed by atoms with Gasteiger partial charge in [0.1, 0.15) is 18.1 Å². The predicted octanol–water partition coefficient (Wildman–Crippen LogP) is 1.32. The Bertz CT molecular complexity index is 851. The Morgan fingerprint density at radius 3 is 2.48 bits per heavy atom. The Labute approximate surface area is 183 Å². The second kappa shape index (κ2) is 11.8. The molecule has 3 N–H and O–H groups in total. The van der Waals surface area contributed by atoms with E-state index >= 15 is 0 Å². The molecule has 1 amide bonds. The fraction of sp³-hybridized carbons (Fsp3) is 0.391. The van der Waals surface area contributed by atoms with Gasteiger partial charge in [-0.2, -0.15) is 0 Å². The number of para-hydroxylation sites is 1. The summed E-state index contributed by atoms with van der Waals surface area (Å²) in [6, 6.07) is 17.5. The van der Waals surface area contributed by atoms with Gasteiger partial charge in [0.15, 0.2) is 12.6 Å². The molecule has 0 unspecified atom stereocenters. The lowest BCUT2D eigenvalue weighted by Gasteiger charge is -2.36. The molecule has 1 saturated heterocycles. The SMILES string of the molecule is CN=C(NCc1cccc(OCC(N)=O)c1)N1CCN(CCOc2ccccc2)CC1. The third-order valence-electron chi connectivity index (χ3n) is 5.03. The van der Waals surface area contributed by atoms with E-state index in [0.29, 0.717) is 18.9 Å². The molecule has 2 aromatic rings. The molecule has 0 aliphatic carbocycles. The third-order valence-corrected chi connectivity index (χ3v) is 5.03. The van der Waals surface area contributed by atoms with Crippen molar-refractivity contribution >= 4 is 11.9 Å². The molecule has 1 fully saturated rings. The number of primary amides is 1. The first kappa shape index (κ1) is 22.4. The molecule has 0 saturated carbocycles. The van der Waals surface area contributed by atoms with E-state index in [1.54, 1.807) is 7.05 Å². The van der Waals surface area contributed by atoms with Crippen LogP contribution in [0.15, 0.2) is 59.6 Å². The third kappa shape index (κ3) is 7.49. The Hall–Kier alpha value is -3.26. The van der Waals surface area contributed by atoms with Crippen molar-refractivity contribution in [3.05, 3.63) is 60.2 Å². The van der Waals surface area contributed by atoms with Crippen molar-refractivity contribution < 1.29 is 14.3 Å². The summed E-state index contributed by atoms with van der Waals surface area (Å²) >= 11 is 0. The zero-order valence-corrected chi connectivity index (χ0v) is 18.0. The number of guanidine groups is 1. The van der Waals surface area contributed by atoms with Crippen LogP contribution < -0.4 is 20.5 Å². The molecule has 0 radical (unpaired) electrons. The minimum atomic E-state index is -0.491. The normalized spacial score (nSPS) is 14.9. The minimum Gasteiger partial charge on any atom is -0.492 e. The maximum atomic E-state index is 10.9. The van der Waals surface area contributed by atoms with Gasteiger partial charge >= 0.3 is 0 Å². The van der Waals surface area contributed by atoms with E-state index in [4.69, 9.17) is 15.2 Å². The Kier molecular flexibility index (Phi) is 8.54. The number of ether oxygens (including phenoxy) is 2. The van der Waals surface area contributed by atoms with Crippen LogP contribution in [-0.2, 0) is 11.3 Å².